The maximum absolute atomic E-state index is 11.7. The summed E-state index contributed by atoms with van der Waals surface area (Å²) in [4.78, 5) is 25.0. The number of aromatic amines is 1. The van der Waals surface area contributed by atoms with E-state index in [4.69, 9.17) is 5.73 Å². The molecule has 0 spiro atoms. The van der Waals surface area contributed by atoms with Gasteiger partial charge in [0.2, 0.25) is 0 Å². The van der Waals surface area contributed by atoms with E-state index in [0.29, 0.717) is 6.54 Å². The van der Waals surface area contributed by atoms with Crippen molar-refractivity contribution in [3.05, 3.63) is 61.9 Å². The molecular weight excluding hydrogens is 230 g/mol. The fourth-order valence-electron chi connectivity index (χ4n) is 1.91. The van der Waals surface area contributed by atoms with Crippen LogP contribution in [-0.4, -0.2) is 9.55 Å². The molecule has 18 heavy (non-hydrogen) atoms. The van der Waals surface area contributed by atoms with E-state index in [1.165, 1.54) is 10.8 Å². The summed E-state index contributed by atoms with van der Waals surface area (Å²) in [5, 5.41) is 0. The normalized spacial score (nSPS) is 10.6. The van der Waals surface area contributed by atoms with Gasteiger partial charge < -0.3 is 5.73 Å². The first kappa shape index (κ1) is 12.2. The first-order valence-electron chi connectivity index (χ1n) is 5.63. The lowest BCUT2D eigenvalue weighted by Gasteiger charge is -2.11. The summed E-state index contributed by atoms with van der Waals surface area (Å²) in [7, 11) is 0. The van der Waals surface area contributed by atoms with Gasteiger partial charge >= 0.3 is 5.69 Å². The number of H-pyrrole nitrogens is 1. The number of nitrogens with one attached hydrogen (secondary N) is 1. The van der Waals surface area contributed by atoms with Crippen molar-refractivity contribution in [2.45, 2.75) is 20.4 Å². The summed E-state index contributed by atoms with van der Waals surface area (Å²) in [6, 6.07) is 5.95. The van der Waals surface area contributed by atoms with Gasteiger partial charge in [-0.2, -0.15) is 0 Å². The Hall–Kier alpha value is -2.30. The lowest BCUT2D eigenvalue weighted by molar-refractivity contribution is 0.717. The average Bonchev–Trinajstić information content (AvgIpc) is 2.30. The zero-order chi connectivity index (χ0) is 13.3. The zero-order valence-electron chi connectivity index (χ0n) is 10.4. The molecule has 1 aromatic heterocycles. The van der Waals surface area contributed by atoms with Crippen LogP contribution in [0.1, 0.15) is 16.7 Å². The van der Waals surface area contributed by atoms with Crippen LogP contribution in [0.15, 0.2) is 34.0 Å². The SMILES string of the molecule is Cc1cccc(C)c1Cn1cc(N)c(=O)[nH]c1=O. The number of benzene rings is 1. The molecule has 0 unspecified atom stereocenters. The molecule has 0 bridgehead atoms. The van der Waals surface area contributed by atoms with Crippen molar-refractivity contribution in [2.75, 3.05) is 5.73 Å². The van der Waals surface area contributed by atoms with Gasteiger partial charge in [-0.05, 0) is 30.5 Å². The number of anilines is 1. The smallest absolute Gasteiger partial charge is 0.328 e. The highest BCUT2D eigenvalue weighted by molar-refractivity contribution is 5.35. The van der Waals surface area contributed by atoms with Gasteiger partial charge in [0.25, 0.3) is 5.56 Å². The molecule has 0 aliphatic carbocycles. The molecule has 5 heteroatoms. The quantitative estimate of drug-likeness (QED) is 0.820. The molecule has 94 valence electrons. The minimum atomic E-state index is -0.544. The minimum Gasteiger partial charge on any atom is -0.393 e. The lowest BCUT2D eigenvalue weighted by Crippen LogP contribution is -2.31. The predicted octanol–water partition coefficient (Wildman–Crippen LogP) is 0.784. The summed E-state index contributed by atoms with van der Waals surface area (Å²) in [6.45, 7) is 4.38. The third-order valence-corrected chi connectivity index (χ3v) is 3.01. The van der Waals surface area contributed by atoms with E-state index in [1.807, 2.05) is 32.0 Å². The molecule has 0 saturated carbocycles. The van der Waals surface area contributed by atoms with Crippen LogP contribution in [0.3, 0.4) is 0 Å². The van der Waals surface area contributed by atoms with Crippen LogP contribution in [0.2, 0.25) is 0 Å². The molecule has 0 atom stereocenters. The molecule has 0 radical (unpaired) electrons. The van der Waals surface area contributed by atoms with Crippen molar-refractivity contribution in [2.24, 2.45) is 0 Å². The standard InChI is InChI=1S/C13H15N3O2/c1-8-4-3-5-9(2)10(8)6-16-7-11(14)12(17)15-13(16)18/h3-5,7H,6,14H2,1-2H3,(H,15,17,18). The van der Waals surface area contributed by atoms with Crippen molar-refractivity contribution in [1.82, 2.24) is 9.55 Å². The van der Waals surface area contributed by atoms with E-state index in [0.717, 1.165) is 16.7 Å². The second-order valence-electron chi connectivity index (χ2n) is 4.34. The Labute approximate surface area is 104 Å². The first-order chi connectivity index (χ1) is 8.49. The Morgan fingerprint density at radius 3 is 2.44 bits per heavy atom. The molecule has 3 N–H and O–H groups in total. The van der Waals surface area contributed by atoms with Gasteiger partial charge in [-0.15, -0.1) is 0 Å². The van der Waals surface area contributed by atoms with E-state index >= 15 is 0 Å². The van der Waals surface area contributed by atoms with Gasteiger partial charge in [0, 0.05) is 6.20 Å². The monoisotopic (exact) mass is 245 g/mol. The highest BCUT2D eigenvalue weighted by Crippen LogP contribution is 2.13. The van der Waals surface area contributed by atoms with Crippen LogP contribution >= 0.6 is 0 Å². The van der Waals surface area contributed by atoms with Crippen LogP contribution in [0.25, 0.3) is 0 Å². The van der Waals surface area contributed by atoms with Crippen LogP contribution < -0.4 is 17.0 Å². The zero-order valence-corrected chi connectivity index (χ0v) is 10.4. The molecule has 2 rings (SSSR count). The van der Waals surface area contributed by atoms with Crippen molar-refractivity contribution < 1.29 is 0 Å². The second kappa shape index (κ2) is 4.52. The number of hydrogen-bond acceptors (Lipinski definition) is 3. The molecule has 0 aliphatic heterocycles. The summed E-state index contributed by atoms with van der Waals surface area (Å²) >= 11 is 0. The van der Waals surface area contributed by atoms with Gasteiger partial charge in [-0.1, -0.05) is 18.2 Å². The Balaban J connectivity index is 2.50. The number of aromatic nitrogens is 2. The van der Waals surface area contributed by atoms with Crippen molar-refractivity contribution >= 4 is 5.69 Å². The number of rotatable bonds is 2. The van der Waals surface area contributed by atoms with Crippen molar-refractivity contribution in [3.63, 3.8) is 0 Å². The highest BCUT2D eigenvalue weighted by atomic mass is 16.2. The molecule has 0 aliphatic rings. The maximum Gasteiger partial charge on any atom is 0.328 e. The summed E-state index contributed by atoms with van der Waals surface area (Å²) in [5.41, 5.74) is 7.84. The Morgan fingerprint density at radius 1 is 1.22 bits per heavy atom. The van der Waals surface area contributed by atoms with Gasteiger partial charge in [0.15, 0.2) is 0 Å². The van der Waals surface area contributed by atoms with Crippen LogP contribution in [0.5, 0.6) is 0 Å². The molecule has 1 heterocycles. The van der Waals surface area contributed by atoms with Gasteiger partial charge in [0.1, 0.15) is 5.69 Å². The highest BCUT2D eigenvalue weighted by Gasteiger charge is 2.06. The largest absolute Gasteiger partial charge is 0.393 e. The maximum atomic E-state index is 11.7. The minimum absolute atomic E-state index is 0.0424. The number of nitrogens with zero attached hydrogens (tertiary/aromatic N) is 1. The lowest BCUT2D eigenvalue weighted by atomic mass is 10.0. The Morgan fingerprint density at radius 2 is 1.83 bits per heavy atom. The number of hydrogen-bond donors (Lipinski definition) is 2. The molecule has 0 saturated heterocycles. The Bertz CT molecular complexity index is 678. The number of nitrogens with two attached hydrogens (primary N) is 1. The van der Waals surface area contributed by atoms with E-state index in [1.54, 1.807) is 0 Å². The number of aryl methyl sites for hydroxylation is 2. The van der Waals surface area contributed by atoms with E-state index in [-0.39, 0.29) is 5.69 Å². The van der Waals surface area contributed by atoms with Gasteiger partial charge in [0.05, 0.1) is 6.54 Å². The van der Waals surface area contributed by atoms with E-state index < -0.39 is 11.2 Å². The van der Waals surface area contributed by atoms with Crippen LogP contribution in [0, 0.1) is 13.8 Å². The van der Waals surface area contributed by atoms with Gasteiger partial charge in [-0.25, -0.2) is 4.79 Å². The summed E-state index contributed by atoms with van der Waals surface area (Å²) in [5.74, 6) is 0. The van der Waals surface area contributed by atoms with Crippen molar-refractivity contribution in [3.8, 4) is 0 Å². The molecule has 1 aromatic carbocycles. The van der Waals surface area contributed by atoms with E-state index in [9.17, 15) is 9.59 Å². The van der Waals surface area contributed by atoms with Crippen LogP contribution in [-0.2, 0) is 6.54 Å². The summed E-state index contributed by atoms with van der Waals surface area (Å²) in [6.07, 6.45) is 1.38. The number of nitrogen functional groups attached to an aromatic ring is 1. The summed E-state index contributed by atoms with van der Waals surface area (Å²) < 4.78 is 1.41. The third kappa shape index (κ3) is 2.20. The van der Waals surface area contributed by atoms with Crippen LogP contribution in [0.4, 0.5) is 5.69 Å². The molecule has 5 nitrogen and oxygen atoms in total. The fraction of sp³-hybridized carbons (Fsp3) is 0.231. The second-order valence-corrected chi connectivity index (χ2v) is 4.34. The van der Waals surface area contributed by atoms with E-state index in [2.05, 4.69) is 4.98 Å². The molecular formula is C13H15N3O2. The average molecular weight is 245 g/mol. The molecule has 0 amide bonds. The predicted molar refractivity (Wildman–Crippen MR) is 70.8 cm³/mol. The molecule has 2 aromatic rings. The molecule has 0 fully saturated rings. The van der Waals surface area contributed by atoms with Gasteiger partial charge in [-0.3, -0.25) is 14.3 Å². The third-order valence-electron chi connectivity index (χ3n) is 3.01. The fourth-order valence-corrected chi connectivity index (χ4v) is 1.91. The first-order valence-corrected chi connectivity index (χ1v) is 5.63. The topological polar surface area (TPSA) is 80.9 Å². The van der Waals surface area contributed by atoms with Crippen molar-refractivity contribution in [1.29, 1.82) is 0 Å². The Kier molecular flexibility index (Phi) is 3.06.